The molecule has 0 saturated heterocycles. The van der Waals surface area contributed by atoms with Crippen LogP contribution in [0.4, 0.5) is 5.82 Å². The Kier molecular flexibility index (Phi) is 4.86. The zero-order valence-corrected chi connectivity index (χ0v) is 18.2. The normalized spacial score (nSPS) is 12.3. The van der Waals surface area contributed by atoms with Gasteiger partial charge < -0.3 is 0 Å². The van der Waals surface area contributed by atoms with Crippen molar-refractivity contribution in [2.45, 2.75) is 38.0 Å². The lowest BCUT2D eigenvalue weighted by atomic mass is 9.87. The number of anilines is 1. The molecule has 2 aromatic heterocycles. The molecule has 1 N–H and O–H groups in total. The lowest BCUT2D eigenvalue weighted by Gasteiger charge is -2.19. The van der Waals surface area contributed by atoms with Crippen molar-refractivity contribution in [2.24, 2.45) is 0 Å². The topological polar surface area (TPSA) is 76.9 Å². The van der Waals surface area contributed by atoms with Crippen LogP contribution in [0.5, 0.6) is 0 Å². The molecule has 0 radical (unpaired) electrons. The molecule has 0 bridgehead atoms. The Morgan fingerprint density at radius 2 is 1.70 bits per heavy atom. The third-order valence-corrected chi connectivity index (χ3v) is 6.32. The highest BCUT2D eigenvalue weighted by Crippen LogP contribution is 2.27. The number of hydrogen-bond donors (Lipinski definition) is 1. The number of benzene rings is 2. The summed E-state index contributed by atoms with van der Waals surface area (Å²) < 4.78 is 30.4. The molecular weight excluding hydrogens is 396 g/mol. The first-order valence-electron chi connectivity index (χ1n) is 9.69. The third kappa shape index (κ3) is 3.80. The molecule has 0 atom stereocenters. The van der Waals surface area contributed by atoms with Crippen molar-refractivity contribution in [1.29, 1.82) is 0 Å². The van der Waals surface area contributed by atoms with E-state index in [0.29, 0.717) is 11.5 Å². The SMILES string of the molecule is Cc1cc(NS(=O)(=O)c2ccc(C(C)(C)C)cc2)n(-c2cccc3ncccc23)n1. The number of pyridine rings is 1. The minimum Gasteiger partial charge on any atom is -0.263 e. The molecule has 0 amide bonds. The first-order valence-corrected chi connectivity index (χ1v) is 11.2. The van der Waals surface area contributed by atoms with E-state index in [-0.39, 0.29) is 10.3 Å². The van der Waals surface area contributed by atoms with E-state index < -0.39 is 10.0 Å². The predicted molar refractivity (Wildman–Crippen MR) is 120 cm³/mol. The van der Waals surface area contributed by atoms with Gasteiger partial charge in [0, 0.05) is 17.6 Å². The van der Waals surface area contributed by atoms with Gasteiger partial charge in [0.25, 0.3) is 10.0 Å². The number of nitrogens with zero attached hydrogens (tertiary/aromatic N) is 3. The standard InChI is InChI=1S/C23H24N4O2S/c1-16-15-22(26-30(28,29)18-12-10-17(11-13-18)23(2,3)4)27(25-16)21-9-5-8-20-19(21)7-6-14-24-20/h5-15,26H,1-4H3. The number of hydrogen-bond acceptors (Lipinski definition) is 4. The van der Waals surface area contributed by atoms with Gasteiger partial charge in [-0.25, -0.2) is 13.1 Å². The zero-order valence-electron chi connectivity index (χ0n) is 17.4. The summed E-state index contributed by atoms with van der Waals surface area (Å²) in [6.45, 7) is 8.11. The maximum atomic E-state index is 13.1. The Balaban J connectivity index is 1.74. The van der Waals surface area contributed by atoms with E-state index in [1.165, 1.54) is 0 Å². The molecule has 0 spiro atoms. The van der Waals surface area contributed by atoms with Crippen LogP contribution in [0.3, 0.4) is 0 Å². The Labute approximate surface area is 176 Å². The highest BCUT2D eigenvalue weighted by atomic mass is 32.2. The molecule has 4 aromatic rings. The van der Waals surface area contributed by atoms with Crippen molar-refractivity contribution in [3.05, 3.63) is 78.1 Å². The van der Waals surface area contributed by atoms with Gasteiger partial charge in [0.1, 0.15) is 5.82 Å². The van der Waals surface area contributed by atoms with E-state index in [9.17, 15) is 8.42 Å². The number of sulfonamides is 1. The predicted octanol–water partition coefficient (Wildman–Crippen LogP) is 4.83. The summed E-state index contributed by atoms with van der Waals surface area (Å²) in [6.07, 6.45) is 1.73. The molecule has 0 fully saturated rings. The smallest absolute Gasteiger partial charge is 0.263 e. The summed E-state index contributed by atoms with van der Waals surface area (Å²) in [4.78, 5) is 4.58. The fourth-order valence-corrected chi connectivity index (χ4v) is 4.39. The second-order valence-corrected chi connectivity index (χ2v) is 9.99. The lowest BCUT2D eigenvalue weighted by Crippen LogP contribution is -2.17. The van der Waals surface area contributed by atoms with Crippen molar-refractivity contribution in [2.75, 3.05) is 4.72 Å². The number of fused-ring (bicyclic) bond motifs is 1. The molecule has 0 unspecified atom stereocenters. The Morgan fingerprint density at radius 1 is 0.967 bits per heavy atom. The van der Waals surface area contributed by atoms with Gasteiger partial charge in [-0.3, -0.25) is 9.71 Å². The van der Waals surface area contributed by atoms with Gasteiger partial charge in [0.15, 0.2) is 0 Å². The summed E-state index contributed by atoms with van der Waals surface area (Å²) in [7, 11) is -3.77. The number of aryl methyl sites for hydroxylation is 1. The summed E-state index contributed by atoms with van der Waals surface area (Å²) in [6, 6.07) is 18.2. The molecule has 6 nitrogen and oxygen atoms in total. The van der Waals surface area contributed by atoms with E-state index in [1.807, 2.05) is 49.4 Å². The molecule has 0 saturated carbocycles. The largest absolute Gasteiger partial charge is 0.263 e. The van der Waals surface area contributed by atoms with E-state index >= 15 is 0 Å². The Morgan fingerprint density at radius 3 is 2.40 bits per heavy atom. The average Bonchev–Trinajstić information content (AvgIpc) is 3.06. The molecule has 0 aliphatic rings. The summed E-state index contributed by atoms with van der Waals surface area (Å²) in [5, 5.41) is 5.40. The summed E-state index contributed by atoms with van der Waals surface area (Å²) in [5.74, 6) is 0.378. The van der Waals surface area contributed by atoms with Crippen LogP contribution in [0.2, 0.25) is 0 Å². The third-order valence-electron chi connectivity index (χ3n) is 4.95. The molecule has 154 valence electrons. The first kappa shape index (κ1) is 20.1. The maximum Gasteiger partial charge on any atom is 0.263 e. The monoisotopic (exact) mass is 420 g/mol. The van der Waals surface area contributed by atoms with Crippen LogP contribution in [-0.2, 0) is 15.4 Å². The second-order valence-electron chi connectivity index (χ2n) is 8.31. The fourth-order valence-electron chi connectivity index (χ4n) is 3.36. The number of rotatable bonds is 4. The van der Waals surface area contributed by atoms with Crippen molar-refractivity contribution in [3.63, 3.8) is 0 Å². The molecular formula is C23H24N4O2S. The van der Waals surface area contributed by atoms with Crippen molar-refractivity contribution in [1.82, 2.24) is 14.8 Å². The van der Waals surface area contributed by atoms with E-state index in [0.717, 1.165) is 22.2 Å². The van der Waals surface area contributed by atoms with Crippen LogP contribution in [-0.4, -0.2) is 23.2 Å². The van der Waals surface area contributed by atoms with Crippen LogP contribution < -0.4 is 4.72 Å². The van der Waals surface area contributed by atoms with Crippen molar-refractivity contribution in [3.8, 4) is 5.69 Å². The molecule has 2 aromatic carbocycles. The molecule has 30 heavy (non-hydrogen) atoms. The maximum absolute atomic E-state index is 13.1. The van der Waals surface area contributed by atoms with E-state index in [2.05, 4.69) is 35.6 Å². The van der Waals surface area contributed by atoms with Crippen LogP contribution >= 0.6 is 0 Å². The molecule has 0 aliphatic heterocycles. The summed E-state index contributed by atoms with van der Waals surface area (Å²) in [5.41, 5.74) is 3.31. The molecule has 2 heterocycles. The summed E-state index contributed by atoms with van der Waals surface area (Å²) >= 11 is 0. The van der Waals surface area contributed by atoms with Crippen LogP contribution in [0, 0.1) is 6.92 Å². The van der Waals surface area contributed by atoms with Crippen molar-refractivity contribution >= 4 is 26.7 Å². The minimum atomic E-state index is -3.77. The van der Waals surface area contributed by atoms with Crippen molar-refractivity contribution < 1.29 is 8.42 Å². The molecule has 0 aliphatic carbocycles. The highest BCUT2D eigenvalue weighted by molar-refractivity contribution is 7.92. The molecule has 4 rings (SSSR count). The van der Waals surface area contributed by atoms with Gasteiger partial charge in [0.05, 0.1) is 21.8 Å². The van der Waals surface area contributed by atoms with Gasteiger partial charge in [-0.15, -0.1) is 0 Å². The average molecular weight is 421 g/mol. The van der Waals surface area contributed by atoms with Gasteiger partial charge in [-0.05, 0) is 54.3 Å². The second kappa shape index (κ2) is 7.25. The minimum absolute atomic E-state index is 0.0478. The lowest BCUT2D eigenvalue weighted by molar-refractivity contribution is 0.587. The zero-order chi connectivity index (χ0) is 21.5. The fraction of sp³-hybridized carbons (Fsp3) is 0.217. The van der Waals surface area contributed by atoms with Gasteiger partial charge >= 0.3 is 0 Å². The van der Waals surface area contributed by atoms with Gasteiger partial charge in [-0.2, -0.15) is 5.10 Å². The van der Waals surface area contributed by atoms with Gasteiger partial charge in [-0.1, -0.05) is 39.0 Å². The Bertz CT molecular complexity index is 1310. The van der Waals surface area contributed by atoms with E-state index in [4.69, 9.17) is 0 Å². The van der Waals surface area contributed by atoms with E-state index in [1.54, 1.807) is 29.1 Å². The number of aromatic nitrogens is 3. The Hall–Kier alpha value is -3.19. The highest BCUT2D eigenvalue weighted by Gasteiger charge is 2.20. The molecule has 7 heteroatoms. The quantitative estimate of drug-likeness (QED) is 0.513. The van der Waals surface area contributed by atoms with Crippen LogP contribution in [0.25, 0.3) is 16.6 Å². The number of nitrogens with one attached hydrogen (secondary N) is 1. The van der Waals surface area contributed by atoms with Gasteiger partial charge in [0.2, 0.25) is 0 Å². The van der Waals surface area contributed by atoms with Crippen LogP contribution in [0.15, 0.2) is 71.8 Å². The first-order chi connectivity index (χ1) is 14.1. The van der Waals surface area contributed by atoms with Crippen LogP contribution in [0.1, 0.15) is 32.0 Å².